The number of rotatable bonds is 3. The molecule has 0 fully saturated rings. The summed E-state index contributed by atoms with van der Waals surface area (Å²) in [6.45, 7) is 4.17. The first-order valence-electron chi connectivity index (χ1n) is 5.14. The Kier molecular flexibility index (Phi) is 3.73. The Labute approximate surface area is 111 Å². The van der Waals surface area contributed by atoms with E-state index in [-0.39, 0.29) is 11.6 Å². The van der Waals surface area contributed by atoms with Crippen molar-refractivity contribution in [3.63, 3.8) is 0 Å². The maximum absolute atomic E-state index is 13.7. The molecule has 0 aliphatic rings. The van der Waals surface area contributed by atoms with Gasteiger partial charge in [0.2, 0.25) is 0 Å². The van der Waals surface area contributed by atoms with Crippen molar-refractivity contribution in [2.75, 3.05) is 11.9 Å². The molecule has 2 heterocycles. The van der Waals surface area contributed by atoms with E-state index in [1.54, 1.807) is 6.92 Å². The Bertz CT molecular complexity index is 542. The molecule has 0 saturated carbocycles. The van der Waals surface area contributed by atoms with Crippen molar-refractivity contribution in [1.29, 1.82) is 0 Å². The summed E-state index contributed by atoms with van der Waals surface area (Å²) in [6.07, 6.45) is 0. The lowest BCUT2D eigenvalue weighted by atomic mass is 10.3. The van der Waals surface area contributed by atoms with Crippen molar-refractivity contribution < 1.29 is 4.39 Å². The summed E-state index contributed by atoms with van der Waals surface area (Å²) in [5.41, 5.74) is 0.357. The minimum absolute atomic E-state index is 0.263. The quantitative estimate of drug-likeness (QED) is 0.935. The highest BCUT2D eigenvalue weighted by Crippen LogP contribution is 2.29. The molecule has 2 aromatic rings. The number of nitrogens with zero attached hydrogens (tertiary/aromatic N) is 2. The smallest absolute Gasteiger partial charge is 0.186 e. The zero-order valence-corrected chi connectivity index (χ0v) is 11.8. The third kappa shape index (κ3) is 2.63. The first-order valence-corrected chi connectivity index (χ1v) is 6.81. The van der Waals surface area contributed by atoms with Crippen LogP contribution in [0.4, 0.5) is 10.2 Å². The molecule has 6 heteroatoms. The van der Waals surface area contributed by atoms with Crippen LogP contribution in [0.1, 0.15) is 12.6 Å². The minimum Gasteiger partial charge on any atom is -0.368 e. The summed E-state index contributed by atoms with van der Waals surface area (Å²) in [6, 6.07) is 1.92. The van der Waals surface area contributed by atoms with E-state index in [9.17, 15) is 4.39 Å². The van der Waals surface area contributed by atoms with Crippen molar-refractivity contribution in [1.82, 2.24) is 9.97 Å². The highest BCUT2D eigenvalue weighted by molar-refractivity contribution is 9.10. The van der Waals surface area contributed by atoms with Crippen LogP contribution in [0.15, 0.2) is 15.9 Å². The van der Waals surface area contributed by atoms with Crippen LogP contribution in [0.2, 0.25) is 0 Å². The molecule has 1 N–H and O–H groups in total. The number of anilines is 1. The average molecular weight is 316 g/mol. The second kappa shape index (κ2) is 5.10. The Hall–Kier alpha value is -1.01. The standard InChI is InChI=1S/C11H11BrFN3S/c1-3-14-11-9(13)6(2)15-10(16-11)8-4-7(12)5-17-8/h4-5H,3H2,1-2H3,(H,14,15,16). The van der Waals surface area contributed by atoms with Crippen molar-refractivity contribution in [3.05, 3.63) is 27.4 Å². The molecule has 0 aliphatic heterocycles. The van der Waals surface area contributed by atoms with Crippen LogP contribution in [0.5, 0.6) is 0 Å². The Morgan fingerprint density at radius 2 is 2.24 bits per heavy atom. The molecule has 17 heavy (non-hydrogen) atoms. The molecule has 90 valence electrons. The number of hydrogen-bond donors (Lipinski definition) is 1. The molecular formula is C11H11BrFN3S. The Balaban J connectivity index is 2.48. The van der Waals surface area contributed by atoms with Crippen LogP contribution < -0.4 is 5.32 Å². The third-order valence-corrected chi connectivity index (χ3v) is 3.84. The normalized spacial score (nSPS) is 10.6. The number of thiophene rings is 1. The monoisotopic (exact) mass is 315 g/mol. The van der Waals surface area contributed by atoms with E-state index in [1.165, 1.54) is 11.3 Å². The van der Waals surface area contributed by atoms with E-state index in [0.29, 0.717) is 18.1 Å². The molecule has 0 unspecified atom stereocenters. The predicted octanol–water partition coefficient (Wildman–Crippen LogP) is 3.85. The van der Waals surface area contributed by atoms with Crippen LogP contribution in [0.3, 0.4) is 0 Å². The second-order valence-electron chi connectivity index (χ2n) is 3.45. The van der Waals surface area contributed by atoms with Gasteiger partial charge in [-0.05, 0) is 35.8 Å². The van der Waals surface area contributed by atoms with E-state index in [2.05, 4.69) is 31.2 Å². The van der Waals surface area contributed by atoms with Gasteiger partial charge in [-0.3, -0.25) is 0 Å². The van der Waals surface area contributed by atoms with Crippen molar-refractivity contribution in [3.8, 4) is 10.7 Å². The molecule has 0 saturated heterocycles. The Morgan fingerprint density at radius 3 is 2.82 bits per heavy atom. The van der Waals surface area contributed by atoms with Crippen molar-refractivity contribution in [2.45, 2.75) is 13.8 Å². The van der Waals surface area contributed by atoms with E-state index in [1.807, 2.05) is 18.4 Å². The van der Waals surface area contributed by atoms with Gasteiger partial charge in [0, 0.05) is 16.4 Å². The zero-order valence-electron chi connectivity index (χ0n) is 9.42. The molecule has 0 bridgehead atoms. The minimum atomic E-state index is -0.383. The number of nitrogens with one attached hydrogen (secondary N) is 1. The van der Waals surface area contributed by atoms with Gasteiger partial charge in [-0.25, -0.2) is 14.4 Å². The van der Waals surface area contributed by atoms with Gasteiger partial charge in [-0.15, -0.1) is 11.3 Å². The van der Waals surface area contributed by atoms with E-state index < -0.39 is 0 Å². The molecule has 0 atom stereocenters. The van der Waals surface area contributed by atoms with Crippen LogP contribution in [-0.4, -0.2) is 16.5 Å². The van der Waals surface area contributed by atoms with E-state index >= 15 is 0 Å². The lowest BCUT2D eigenvalue weighted by Crippen LogP contribution is -2.06. The highest BCUT2D eigenvalue weighted by atomic mass is 79.9. The molecule has 0 aromatic carbocycles. The topological polar surface area (TPSA) is 37.8 Å². The highest BCUT2D eigenvalue weighted by Gasteiger charge is 2.13. The van der Waals surface area contributed by atoms with Gasteiger partial charge >= 0.3 is 0 Å². The van der Waals surface area contributed by atoms with Gasteiger partial charge in [-0.1, -0.05) is 0 Å². The summed E-state index contributed by atoms with van der Waals surface area (Å²) in [5.74, 6) is 0.432. The van der Waals surface area contributed by atoms with Gasteiger partial charge < -0.3 is 5.32 Å². The average Bonchev–Trinajstić information content (AvgIpc) is 2.71. The first kappa shape index (κ1) is 12.4. The number of aromatic nitrogens is 2. The molecule has 0 radical (unpaired) electrons. The summed E-state index contributed by atoms with van der Waals surface area (Å²) in [4.78, 5) is 9.28. The van der Waals surface area contributed by atoms with Crippen LogP contribution in [-0.2, 0) is 0 Å². The maximum Gasteiger partial charge on any atom is 0.186 e. The third-order valence-electron chi connectivity index (χ3n) is 2.15. The van der Waals surface area contributed by atoms with E-state index in [0.717, 1.165) is 9.35 Å². The molecule has 3 nitrogen and oxygen atoms in total. The summed E-state index contributed by atoms with van der Waals surface area (Å²) >= 11 is 4.90. The predicted molar refractivity (Wildman–Crippen MR) is 71.9 cm³/mol. The fraction of sp³-hybridized carbons (Fsp3) is 0.273. The van der Waals surface area contributed by atoms with E-state index in [4.69, 9.17) is 0 Å². The fourth-order valence-electron chi connectivity index (χ4n) is 1.38. The lowest BCUT2D eigenvalue weighted by molar-refractivity contribution is 0.606. The van der Waals surface area contributed by atoms with Crippen molar-refractivity contribution >= 4 is 33.1 Å². The number of halogens is 2. The van der Waals surface area contributed by atoms with Crippen LogP contribution in [0, 0.1) is 12.7 Å². The molecule has 0 spiro atoms. The van der Waals surface area contributed by atoms with Gasteiger partial charge in [0.1, 0.15) is 0 Å². The van der Waals surface area contributed by atoms with Gasteiger partial charge in [0.25, 0.3) is 0 Å². The molecule has 2 aromatic heterocycles. The number of hydrogen-bond acceptors (Lipinski definition) is 4. The molecule has 0 amide bonds. The summed E-state index contributed by atoms with van der Waals surface area (Å²) in [7, 11) is 0. The largest absolute Gasteiger partial charge is 0.368 e. The SMILES string of the molecule is CCNc1nc(-c2cc(Br)cs2)nc(C)c1F. The molecule has 2 rings (SSSR count). The second-order valence-corrected chi connectivity index (χ2v) is 5.28. The first-order chi connectivity index (χ1) is 8.11. The van der Waals surface area contributed by atoms with Crippen LogP contribution in [0.25, 0.3) is 10.7 Å². The van der Waals surface area contributed by atoms with Gasteiger partial charge in [0.15, 0.2) is 17.5 Å². The Morgan fingerprint density at radius 1 is 1.47 bits per heavy atom. The van der Waals surface area contributed by atoms with Crippen molar-refractivity contribution in [2.24, 2.45) is 0 Å². The van der Waals surface area contributed by atoms with Gasteiger partial charge in [0.05, 0.1) is 10.6 Å². The van der Waals surface area contributed by atoms with Gasteiger partial charge in [-0.2, -0.15) is 0 Å². The maximum atomic E-state index is 13.7. The fourth-order valence-corrected chi connectivity index (χ4v) is 2.74. The summed E-state index contributed by atoms with van der Waals surface area (Å²) in [5, 5.41) is 4.85. The molecule has 0 aliphatic carbocycles. The zero-order chi connectivity index (χ0) is 12.4. The lowest BCUT2D eigenvalue weighted by Gasteiger charge is -2.07. The molecular weight excluding hydrogens is 305 g/mol. The van der Waals surface area contributed by atoms with Crippen LogP contribution >= 0.6 is 27.3 Å². The number of aryl methyl sites for hydroxylation is 1. The summed E-state index contributed by atoms with van der Waals surface area (Å²) < 4.78 is 14.7.